The summed E-state index contributed by atoms with van der Waals surface area (Å²) in [5, 5.41) is 4.64. The fourth-order valence-electron chi connectivity index (χ4n) is 1.96. The normalized spacial score (nSPS) is 10.7. The Bertz CT molecular complexity index is 858. The Hall–Kier alpha value is -2.60. The minimum Gasteiger partial charge on any atom is -0.492 e. The minimum atomic E-state index is -0.598. The largest absolute Gasteiger partial charge is 0.492 e. The van der Waals surface area contributed by atoms with Gasteiger partial charge in [0.25, 0.3) is 0 Å². The highest BCUT2D eigenvalue weighted by Crippen LogP contribution is 2.17. The number of ether oxygens (including phenoxy) is 1. The zero-order valence-electron chi connectivity index (χ0n) is 11.9. The lowest BCUT2D eigenvalue weighted by molar-refractivity contribution is 0.285. The Balaban J connectivity index is 1.67. The molecular weight excluding hydrogens is 323 g/mol. The van der Waals surface area contributed by atoms with Gasteiger partial charge in [-0.3, -0.25) is 0 Å². The van der Waals surface area contributed by atoms with Crippen molar-refractivity contribution in [2.45, 2.75) is 6.54 Å². The number of benzene rings is 2. The predicted molar refractivity (Wildman–Crippen MR) is 83.1 cm³/mol. The van der Waals surface area contributed by atoms with Crippen LogP contribution in [0.4, 0.5) is 4.39 Å². The SMILES string of the molecule is O=c1oc(-c2ccc(F)cc2)nn1CCOc1cccc(Cl)c1. The molecule has 0 N–H and O–H groups in total. The van der Waals surface area contributed by atoms with E-state index in [1.165, 1.54) is 24.3 Å². The summed E-state index contributed by atoms with van der Waals surface area (Å²) < 4.78 is 24.6. The van der Waals surface area contributed by atoms with E-state index in [9.17, 15) is 9.18 Å². The zero-order valence-corrected chi connectivity index (χ0v) is 12.7. The summed E-state index contributed by atoms with van der Waals surface area (Å²) in [6.45, 7) is 0.450. The Morgan fingerprint density at radius 3 is 2.74 bits per heavy atom. The highest BCUT2D eigenvalue weighted by Gasteiger charge is 2.10. The highest BCUT2D eigenvalue weighted by molar-refractivity contribution is 6.30. The molecule has 0 aliphatic heterocycles. The van der Waals surface area contributed by atoms with Gasteiger partial charge in [0.1, 0.15) is 18.2 Å². The van der Waals surface area contributed by atoms with Gasteiger partial charge in [-0.2, -0.15) is 4.68 Å². The molecule has 7 heteroatoms. The van der Waals surface area contributed by atoms with Crippen molar-refractivity contribution in [3.63, 3.8) is 0 Å². The summed E-state index contributed by atoms with van der Waals surface area (Å²) in [6, 6.07) is 12.5. The molecule has 0 aliphatic carbocycles. The van der Waals surface area contributed by atoms with Crippen molar-refractivity contribution in [1.29, 1.82) is 0 Å². The topological polar surface area (TPSA) is 57.3 Å². The number of nitrogens with zero attached hydrogens (tertiary/aromatic N) is 2. The second-order valence-corrected chi connectivity index (χ2v) is 5.15. The van der Waals surface area contributed by atoms with E-state index < -0.39 is 5.76 Å². The molecule has 2 aromatic carbocycles. The van der Waals surface area contributed by atoms with E-state index >= 15 is 0 Å². The van der Waals surface area contributed by atoms with Gasteiger partial charge in [-0.1, -0.05) is 17.7 Å². The molecule has 1 heterocycles. The summed E-state index contributed by atoms with van der Waals surface area (Å²) in [5.74, 6) is -0.227. The Kier molecular flexibility index (Phi) is 4.43. The molecule has 0 radical (unpaired) electrons. The van der Waals surface area contributed by atoms with Crippen LogP contribution in [0.2, 0.25) is 5.02 Å². The summed E-state index contributed by atoms with van der Waals surface area (Å²) in [7, 11) is 0. The Labute approximate surface area is 135 Å². The Morgan fingerprint density at radius 2 is 2.00 bits per heavy atom. The molecule has 0 unspecified atom stereocenters. The summed E-state index contributed by atoms with van der Waals surface area (Å²) in [4.78, 5) is 11.8. The van der Waals surface area contributed by atoms with Crippen LogP contribution in [0.3, 0.4) is 0 Å². The van der Waals surface area contributed by atoms with Gasteiger partial charge in [0.15, 0.2) is 0 Å². The maximum Gasteiger partial charge on any atom is 0.437 e. The molecule has 0 fully saturated rings. The van der Waals surface area contributed by atoms with E-state index in [4.69, 9.17) is 20.8 Å². The summed E-state index contributed by atoms with van der Waals surface area (Å²) in [5.41, 5.74) is 0.526. The fraction of sp³-hybridized carbons (Fsp3) is 0.125. The van der Waals surface area contributed by atoms with Crippen molar-refractivity contribution < 1.29 is 13.5 Å². The Morgan fingerprint density at radius 1 is 1.22 bits per heavy atom. The van der Waals surface area contributed by atoms with Crippen molar-refractivity contribution in [3.05, 3.63) is 69.9 Å². The van der Waals surface area contributed by atoms with E-state index in [-0.39, 0.29) is 24.9 Å². The van der Waals surface area contributed by atoms with Crippen molar-refractivity contribution in [3.8, 4) is 17.2 Å². The van der Waals surface area contributed by atoms with Crippen LogP contribution in [-0.2, 0) is 6.54 Å². The van der Waals surface area contributed by atoms with Crippen molar-refractivity contribution in [2.75, 3.05) is 6.61 Å². The second-order valence-electron chi connectivity index (χ2n) is 4.71. The minimum absolute atomic E-state index is 0.137. The molecule has 3 aromatic rings. The van der Waals surface area contributed by atoms with Gasteiger partial charge < -0.3 is 9.15 Å². The van der Waals surface area contributed by atoms with Crippen LogP contribution in [0.15, 0.2) is 57.7 Å². The second kappa shape index (κ2) is 6.66. The number of hydrogen-bond acceptors (Lipinski definition) is 4. The first-order valence-corrected chi connectivity index (χ1v) is 7.22. The molecule has 23 heavy (non-hydrogen) atoms. The van der Waals surface area contributed by atoms with Crippen molar-refractivity contribution in [1.82, 2.24) is 9.78 Å². The number of aromatic nitrogens is 2. The lowest BCUT2D eigenvalue weighted by atomic mass is 10.2. The third-order valence-electron chi connectivity index (χ3n) is 3.07. The average molecular weight is 335 g/mol. The summed E-state index contributed by atoms with van der Waals surface area (Å²) >= 11 is 5.86. The standard InChI is InChI=1S/C16H12ClFN2O3/c17-12-2-1-3-14(10-12)22-9-8-20-16(21)23-15(19-20)11-4-6-13(18)7-5-11/h1-7,10H,8-9H2. The van der Waals surface area contributed by atoms with Crippen LogP contribution in [0.25, 0.3) is 11.5 Å². The molecule has 0 aliphatic rings. The van der Waals surface area contributed by atoms with Gasteiger partial charge >= 0.3 is 5.76 Å². The van der Waals surface area contributed by atoms with E-state index in [0.29, 0.717) is 16.3 Å². The first-order valence-electron chi connectivity index (χ1n) is 6.84. The molecule has 0 saturated carbocycles. The number of halogens is 2. The molecule has 0 bridgehead atoms. The smallest absolute Gasteiger partial charge is 0.437 e. The number of hydrogen-bond donors (Lipinski definition) is 0. The molecule has 0 spiro atoms. The third kappa shape index (κ3) is 3.78. The zero-order chi connectivity index (χ0) is 16.2. The molecule has 5 nitrogen and oxygen atoms in total. The lowest BCUT2D eigenvalue weighted by Crippen LogP contribution is -2.20. The maximum absolute atomic E-state index is 12.9. The molecule has 0 atom stereocenters. The van der Waals surface area contributed by atoms with E-state index in [2.05, 4.69) is 5.10 Å². The average Bonchev–Trinajstić information content (AvgIpc) is 2.89. The van der Waals surface area contributed by atoms with E-state index in [1.807, 2.05) is 0 Å². The van der Waals surface area contributed by atoms with Crippen molar-refractivity contribution >= 4 is 11.6 Å². The van der Waals surface area contributed by atoms with Gasteiger partial charge in [-0.15, -0.1) is 5.10 Å². The first-order chi connectivity index (χ1) is 11.1. The lowest BCUT2D eigenvalue weighted by Gasteiger charge is -2.05. The van der Waals surface area contributed by atoms with Crippen molar-refractivity contribution in [2.24, 2.45) is 0 Å². The van der Waals surface area contributed by atoms with E-state index in [0.717, 1.165) is 4.68 Å². The van der Waals surface area contributed by atoms with Crippen LogP contribution in [0.1, 0.15) is 0 Å². The maximum atomic E-state index is 12.9. The highest BCUT2D eigenvalue weighted by atomic mass is 35.5. The molecule has 0 amide bonds. The quantitative estimate of drug-likeness (QED) is 0.717. The van der Waals surface area contributed by atoms with Crippen LogP contribution in [0.5, 0.6) is 5.75 Å². The first kappa shape index (κ1) is 15.3. The van der Waals surface area contributed by atoms with Gasteiger partial charge in [-0.25, -0.2) is 9.18 Å². The molecule has 3 rings (SSSR count). The van der Waals surface area contributed by atoms with Crippen LogP contribution in [-0.4, -0.2) is 16.4 Å². The van der Waals surface area contributed by atoms with Gasteiger partial charge in [0, 0.05) is 10.6 Å². The fourth-order valence-corrected chi connectivity index (χ4v) is 2.14. The van der Waals surface area contributed by atoms with Crippen LogP contribution >= 0.6 is 11.6 Å². The van der Waals surface area contributed by atoms with Gasteiger partial charge in [0.2, 0.25) is 5.89 Å². The van der Waals surface area contributed by atoms with E-state index in [1.54, 1.807) is 24.3 Å². The molecule has 118 valence electrons. The predicted octanol–water partition coefficient (Wildman–Crippen LogP) is 3.37. The molecule has 0 saturated heterocycles. The summed E-state index contributed by atoms with van der Waals surface area (Å²) in [6.07, 6.45) is 0. The monoisotopic (exact) mass is 334 g/mol. The van der Waals surface area contributed by atoms with Gasteiger partial charge in [-0.05, 0) is 42.5 Å². The van der Waals surface area contributed by atoms with Crippen LogP contribution < -0.4 is 10.5 Å². The third-order valence-corrected chi connectivity index (χ3v) is 3.30. The molecular formula is C16H12ClFN2O3. The molecule has 1 aromatic heterocycles. The van der Waals surface area contributed by atoms with Crippen LogP contribution in [0, 0.1) is 5.82 Å². The number of rotatable bonds is 5. The van der Waals surface area contributed by atoms with Gasteiger partial charge in [0.05, 0.1) is 6.54 Å².